The molecule has 0 aliphatic carbocycles. The number of carbonyl (C=O) groups is 2. The van der Waals surface area contributed by atoms with E-state index in [1.165, 1.54) is 6.07 Å². The number of hydrogen-bond donors (Lipinski definition) is 3. The number of benzene rings is 1. The van der Waals surface area contributed by atoms with Crippen LogP contribution in [0.5, 0.6) is 0 Å². The number of rotatable bonds is 3. The fraction of sp³-hybridized carbons (Fsp3) is 0.467. The first-order valence-corrected chi connectivity index (χ1v) is 6.85. The van der Waals surface area contributed by atoms with Crippen LogP contribution in [-0.2, 0) is 4.79 Å². The van der Waals surface area contributed by atoms with Gasteiger partial charge >= 0.3 is 5.97 Å². The number of amides is 1. The number of aryl methyl sites for hydroxylation is 1. The van der Waals surface area contributed by atoms with Gasteiger partial charge in [-0.25, -0.2) is 4.79 Å². The normalized spacial score (nSPS) is 22.3. The average Bonchev–Trinajstić information content (AvgIpc) is 2.38. The quantitative estimate of drug-likeness (QED) is 0.789. The number of hydrogen-bond acceptors (Lipinski definition) is 3. The highest BCUT2D eigenvalue weighted by Gasteiger charge is 2.24. The third-order valence-corrected chi connectivity index (χ3v) is 3.71. The molecule has 1 aliphatic rings. The zero-order valence-electron chi connectivity index (χ0n) is 11.8. The molecule has 0 aromatic heterocycles. The van der Waals surface area contributed by atoms with Gasteiger partial charge in [0.15, 0.2) is 0 Å². The molecule has 20 heavy (non-hydrogen) atoms. The van der Waals surface area contributed by atoms with Gasteiger partial charge in [-0.05, 0) is 56.0 Å². The Kier molecular flexibility index (Phi) is 4.39. The van der Waals surface area contributed by atoms with Crippen LogP contribution >= 0.6 is 0 Å². The van der Waals surface area contributed by atoms with Gasteiger partial charge in [-0.3, -0.25) is 4.79 Å². The third kappa shape index (κ3) is 3.36. The third-order valence-electron chi connectivity index (χ3n) is 3.71. The Labute approximate surface area is 118 Å². The van der Waals surface area contributed by atoms with Crippen LogP contribution < -0.4 is 10.6 Å². The van der Waals surface area contributed by atoms with Crippen molar-refractivity contribution >= 4 is 17.6 Å². The Morgan fingerprint density at radius 1 is 1.40 bits per heavy atom. The molecule has 1 aromatic rings. The van der Waals surface area contributed by atoms with E-state index in [4.69, 9.17) is 5.11 Å². The number of nitrogens with one attached hydrogen (secondary N) is 2. The van der Waals surface area contributed by atoms with Crippen molar-refractivity contribution in [1.82, 2.24) is 5.32 Å². The second kappa shape index (κ2) is 6.05. The molecule has 0 radical (unpaired) electrons. The summed E-state index contributed by atoms with van der Waals surface area (Å²) in [4.78, 5) is 23.1. The van der Waals surface area contributed by atoms with Crippen molar-refractivity contribution in [2.75, 3.05) is 11.9 Å². The van der Waals surface area contributed by atoms with Crippen LogP contribution in [0.3, 0.4) is 0 Å². The molecule has 1 amide bonds. The molecule has 1 fully saturated rings. The van der Waals surface area contributed by atoms with Gasteiger partial charge in [0.2, 0.25) is 5.91 Å². The van der Waals surface area contributed by atoms with Gasteiger partial charge in [-0.1, -0.05) is 6.92 Å². The molecule has 5 heteroatoms. The molecular weight excluding hydrogens is 256 g/mol. The summed E-state index contributed by atoms with van der Waals surface area (Å²) in [7, 11) is 0. The van der Waals surface area contributed by atoms with E-state index in [1.54, 1.807) is 19.1 Å². The maximum absolute atomic E-state index is 12.2. The smallest absolute Gasteiger partial charge is 0.335 e. The molecule has 1 aliphatic heterocycles. The summed E-state index contributed by atoms with van der Waals surface area (Å²) < 4.78 is 0. The standard InChI is InChI=1S/C15H20N2O3/c1-9-5-6-16-13(7-9)14(18)17-11-3-4-12(15(19)20)10(2)8-11/h3-4,8-9,13,16H,5-7H2,1-2H3,(H,17,18)(H,19,20). The molecule has 1 heterocycles. The monoisotopic (exact) mass is 276 g/mol. The van der Waals surface area contributed by atoms with Gasteiger partial charge in [-0.2, -0.15) is 0 Å². The minimum atomic E-state index is -0.955. The Bertz CT molecular complexity index is 528. The summed E-state index contributed by atoms with van der Waals surface area (Å²) in [6.45, 7) is 4.73. The van der Waals surface area contributed by atoms with Gasteiger partial charge in [0.25, 0.3) is 0 Å². The molecule has 108 valence electrons. The lowest BCUT2D eigenvalue weighted by molar-refractivity contribution is -0.119. The second-order valence-electron chi connectivity index (χ2n) is 5.46. The van der Waals surface area contributed by atoms with Gasteiger partial charge in [-0.15, -0.1) is 0 Å². The highest BCUT2D eigenvalue weighted by molar-refractivity contribution is 5.96. The molecule has 1 aromatic carbocycles. The van der Waals surface area contributed by atoms with Crippen molar-refractivity contribution < 1.29 is 14.7 Å². The molecule has 2 unspecified atom stereocenters. The largest absolute Gasteiger partial charge is 0.478 e. The van der Waals surface area contributed by atoms with E-state index in [-0.39, 0.29) is 17.5 Å². The molecule has 3 N–H and O–H groups in total. The lowest BCUT2D eigenvalue weighted by Crippen LogP contribution is -2.45. The predicted molar refractivity (Wildman–Crippen MR) is 77.0 cm³/mol. The molecule has 0 saturated carbocycles. The first-order chi connectivity index (χ1) is 9.47. The van der Waals surface area contributed by atoms with Crippen molar-refractivity contribution in [3.63, 3.8) is 0 Å². The van der Waals surface area contributed by atoms with Crippen molar-refractivity contribution in [1.29, 1.82) is 0 Å². The Morgan fingerprint density at radius 2 is 2.15 bits per heavy atom. The molecule has 5 nitrogen and oxygen atoms in total. The van der Waals surface area contributed by atoms with Crippen molar-refractivity contribution in [3.8, 4) is 0 Å². The Hall–Kier alpha value is -1.88. The van der Waals surface area contributed by atoms with Gasteiger partial charge < -0.3 is 15.7 Å². The number of carboxylic acid groups (broad SMARTS) is 1. The molecule has 2 rings (SSSR count). The van der Waals surface area contributed by atoms with Gasteiger partial charge in [0, 0.05) is 5.69 Å². The van der Waals surface area contributed by atoms with Crippen LogP contribution in [0, 0.1) is 12.8 Å². The van der Waals surface area contributed by atoms with Crippen LogP contribution in [0.4, 0.5) is 5.69 Å². The van der Waals surface area contributed by atoms with E-state index in [9.17, 15) is 9.59 Å². The zero-order valence-corrected chi connectivity index (χ0v) is 11.8. The molecule has 2 atom stereocenters. The summed E-state index contributed by atoms with van der Waals surface area (Å²) in [5.74, 6) is -0.467. The van der Waals surface area contributed by atoms with Crippen molar-refractivity contribution in [3.05, 3.63) is 29.3 Å². The SMILES string of the molecule is Cc1cc(NC(=O)C2CC(C)CCN2)ccc1C(=O)O. The van der Waals surface area contributed by atoms with E-state index in [0.29, 0.717) is 17.2 Å². The molecule has 0 bridgehead atoms. The van der Waals surface area contributed by atoms with E-state index in [1.807, 2.05) is 0 Å². The lowest BCUT2D eigenvalue weighted by atomic mass is 9.94. The molecular formula is C15H20N2O3. The Morgan fingerprint density at radius 3 is 2.75 bits per heavy atom. The summed E-state index contributed by atoms with van der Waals surface area (Å²) in [5, 5.41) is 15.0. The fourth-order valence-electron chi connectivity index (χ4n) is 2.52. The predicted octanol–water partition coefficient (Wildman–Crippen LogP) is 2.02. The zero-order chi connectivity index (χ0) is 14.7. The van der Waals surface area contributed by atoms with Crippen molar-refractivity contribution in [2.24, 2.45) is 5.92 Å². The number of piperidine rings is 1. The summed E-state index contributed by atoms with van der Waals surface area (Å²) in [6, 6.07) is 4.66. The van der Waals surface area contributed by atoms with Crippen LogP contribution in [0.2, 0.25) is 0 Å². The summed E-state index contributed by atoms with van der Waals surface area (Å²) in [6.07, 6.45) is 1.92. The maximum Gasteiger partial charge on any atom is 0.335 e. The second-order valence-corrected chi connectivity index (χ2v) is 5.46. The summed E-state index contributed by atoms with van der Waals surface area (Å²) >= 11 is 0. The maximum atomic E-state index is 12.2. The number of carbonyl (C=O) groups excluding carboxylic acids is 1. The molecule has 1 saturated heterocycles. The van der Waals surface area contributed by atoms with Crippen LogP contribution in [-0.4, -0.2) is 29.6 Å². The Balaban J connectivity index is 2.04. The molecule has 0 spiro atoms. The van der Waals surface area contributed by atoms with E-state index in [2.05, 4.69) is 17.6 Å². The number of carboxylic acids is 1. The van der Waals surface area contributed by atoms with E-state index >= 15 is 0 Å². The minimum Gasteiger partial charge on any atom is -0.478 e. The first kappa shape index (κ1) is 14.5. The van der Waals surface area contributed by atoms with E-state index < -0.39 is 5.97 Å². The number of aromatic carboxylic acids is 1. The van der Waals surface area contributed by atoms with Crippen LogP contribution in [0.25, 0.3) is 0 Å². The minimum absolute atomic E-state index is 0.0565. The van der Waals surface area contributed by atoms with E-state index in [0.717, 1.165) is 19.4 Å². The van der Waals surface area contributed by atoms with Gasteiger partial charge in [0.1, 0.15) is 0 Å². The van der Waals surface area contributed by atoms with Crippen LogP contribution in [0.15, 0.2) is 18.2 Å². The topological polar surface area (TPSA) is 78.4 Å². The fourth-order valence-corrected chi connectivity index (χ4v) is 2.52. The number of anilines is 1. The average molecular weight is 276 g/mol. The van der Waals surface area contributed by atoms with Crippen molar-refractivity contribution in [2.45, 2.75) is 32.7 Å². The first-order valence-electron chi connectivity index (χ1n) is 6.85. The highest BCUT2D eigenvalue weighted by atomic mass is 16.4. The lowest BCUT2D eigenvalue weighted by Gasteiger charge is -2.27. The van der Waals surface area contributed by atoms with Crippen LogP contribution in [0.1, 0.15) is 35.7 Å². The summed E-state index contributed by atoms with van der Waals surface area (Å²) in [5.41, 5.74) is 1.53. The van der Waals surface area contributed by atoms with Gasteiger partial charge in [0.05, 0.1) is 11.6 Å². The highest BCUT2D eigenvalue weighted by Crippen LogP contribution is 2.18.